The van der Waals surface area contributed by atoms with E-state index >= 15 is 0 Å². The van der Waals surface area contributed by atoms with E-state index in [0.717, 1.165) is 32.9 Å². The van der Waals surface area contributed by atoms with Crippen LogP contribution in [-0.2, 0) is 16.1 Å². The zero-order valence-corrected chi connectivity index (χ0v) is 14.1. The number of unbranched alkanes of at least 4 members (excludes halogenated alkanes) is 1. The van der Waals surface area contributed by atoms with Gasteiger partial charge in [-0.2, -0.15) is 0 Å². The first kappa shape index (κ1) is 16.9. The van der Waals surface area contributed by atoms with Crippen molar-refractivity contribution in [1.82, 2.24) is 9.80 Å². The molecule has 0 bridgehead atoms. The Hall–Kier alpha value is -2.95. The molecule has 0 aliphatic carbocycles. The van der Waals surface area contributed by atoms with Crippen molar-refractivity contribution in [3.63, 3.8) is 0 Å². The van der Waals surface area contributed by atoms with Crippen LogP contribution in [0.25, 0.3) is 11.1 Å². The lowest BCUT2D eigenvalue weighted by atomic mass is 10.0. The van der Waals surface area contributed by atoms with E-state index in [9.17, 15) is 14.4 Å². The SMILES string of the molecule is CCCCN1C(=O)C(=O)N(Cc2ccc(-c3ccccc3)cc2)C1=O. The molecule has 0 unspecified atom stereocenters. The average molecular weight is 336 g/mol. The van der Waals surface area contributed by atoms with Crippen molar-refractivity contribution in [2.75, 3.05) is 6.54 Å². The lowest BCUT2D eigenvalue weighted by Gasteiger charge is -2.15. The monoisotopic (exact) mass is 336 g/mol. The number of amides is 4. The first-order chi connectivity index (χ1) is 12.1. The highest BCUT2D eigenvalue weighted by molar-refractivity contribution is 6.44. The molecule has 0 radical (unpaired) electrons. The summed E-state index contributed by atoms with van der Waals surface area (Å²) in [6.07, 6.45) is 1.55. The van der Waals surface area contributed by atoms with Gasteiger partial charge in [0, 0.05) is 6.54 Å². The number of benzene rings is 2. The molecule has 2 aromatic carbocycles. The molecule has 2 aromatic rings. The maximum absolute atomic E-state index is 12.3. The van der Waals surface area contributed by atoms with Crippen molar-refractivity contribution in [3.05, 3.63) is 60.2 Å². The summed E-state index contributed by atoms with van der Waals surface area (Å²) in [6.45, 7) is 2.38. The molecule has 1 aliphatic heterocycles. The maximum Gasteiger partial charge on any atom is 0.334 e. The third-order valence-electron chi connectivity index (χ3n) is 4.27. The number of hydrogen-bond acceptors (Lipinski definition) is 3. The van der Waals surface area contributed by atoms with E-state index in [2.05, 4.69) is 0 Å². The second-order valence-corrected chi connectivity index (χ2v) is 6.05. The first-order valence-electron chi connectivity index (χ1n) is 8.43. The molecule has 1 aliphatic rings. The van der Waals surface area contributed by atoms with Crippen LogP contribution in [0.5, 0.6) is 0 Å². The van der Waals surface area contributed by atoms with Gasteiger partial charge in [-0.3, -0.25) is 19.4 Å². The Bertz CT molecular complexity index is 784. The molecule has 1 saturated heterocycles. The lowest BCUT2D eigenvalue weighted by Crippen LogP contribution is -2.33. The van der Waals surface area contributed by atoms with Crippen molar-refractivity contribution in [3.8, 4) is 11.1 Å². The molecule has 3 rings (SSSR count). The number of nitrogens with zero attached hydrogens (tertiary/aromatic N) is 2. The Kier molecular flexibility index (Phi) is 4.93. The van der Waals surface area contributed by atoms with Crippen LogP contribution in [0, 0.1) is 0 Å². The minimum Gasteiger partial charge on any atom is -0.263 e. The van der Waals surface area contributed by atoms with Crippen LogP contribution in [0.15, 0.2) is 54.6 Å². The Balaban J connectivity index is 1.73. The average Bonchev–Trinajstić information content (AvgIpc) is 2.85. The van der Waals surface area contributed by atoms with Gasteiger partial charge in [0.25, 0.3) is 0 Å². The fraction of sp³-hybridized carbons (Fsp3) is 0.250. The summed E-state index contributed by atoms with van der Waals surface area (Å²) in [7, 11) is 0. The predicted octanol–water partition coefficient (Wildman–Crippen LogP) is 3.44. The highest BCUT2D eigenvalue weighted by atomic mass is 16.2. The fourth-order valence-corrected chi connectivity index (χ4v) is 2.82. The van der Waals surface area contributed by atoms with Gasteiger partial charge in [-0.05, 0) is 23.1 Å². The molecule has 25 heavy (non-hydrogen) atoms. The lowest BCUT2D eigenvalue weighted by molar-refractivity contribution is -0.143. The van der Waals surface area contributed by atoms with Crippen LogP contribution in [0.4, 0.5) is 4.79 Å². The third kappa shape index (κ3) is 3.45. The number of hydrogen-bond donors (Lipinski definition) is 0. The Morgan fingerprint density at radius 1 is 0.760 bits per heavy atom. The zero-order valence-electron chi connectivity index (χ0n) is 14.1. The van der Waals surface area contributed by atoms with Crippen LogP contribution in [0.2, 0.25) is 0 Å². The molecule has 0 spiro atoms. The van der Waals surface area contributed by atoms with Gasteiger partial charge in [-0.15, -0.1) is 0 Å². The van der Waals surface area contributed by atoms with Crippen LogP contribution in [-0.4, -0.2) is 34.2 Å². The fourth-order valence-electron chi connectivity index (χ4n) is 2.82. The minimum atomic E-state index is -0.742. The second-order valence-electron chi connectivity index (χ2n) is 6.05. The van der Waals surface area contributed by atoms with Crippen LogP contribution in [0.1, 0.15) is 25.3 Å². The summed E-state index contributed by atoms with van der Waals surface area (Å²) in [5.74, 6) is -1.47. The van der Waals surface area contributed by atoms with E-state index in [0.29, 0.717) is 13.0 Å². The summed E-state index contributed by atoms with van der Waals surface area (Å²) in [4.78, 5) is 38.5. The molecule has 0 saturated carbocycles. The topological polar surface area (TPSA) is 57.7 Å². The van der Waals surface area contributed by atoms with Crippen LogP contribution >= 0.6 is 0 Å². The highest BCUT2D eigenvalue weighted by Crippen LogP contribution is 2.21. The van der Waals surface area contributed by atoms with Crippen molar-refractivity contribution in [2.24, 2.45) is 0 Å². The quantitative estimate of drug-likeness (QED) is 0.600. The smallest absolute Gasteiger partial charge is 0.263 e. The summed E-state index contributed by atoms with van der Waals surface area (Å²) in [6, 6.07) is 17.1. The van der Waals surface area contributed by atoms with Crippen LogP contribution in [0.3, 0.4) is 0 Å². The van der Waals surface area contributed by atoms with Gasteiger partial charge >= 0.3 is 17.8 Å². The number of carbonyl (C=O) groups excluding carboxylic acids is 3. The van der Waals surface area contributed by atoms with Gasteiger partial charge in [0.1, 0.15) is 0 Å². The standard InChI is InChI=1S/C20H20N2O3/c1-2-3-13-21-18(23)19(24)22(20(21)25)14-15-9-11-17(12-10-15)16-7-5-4-6-8-16/h4-12H,2-3,13-14H2,1H3. The van der Waals surface area contributed by atoms with Gasteiger partial charge in [-0.25, -0.2) is 4.79 Å². The van der Waals surface area contributed by atoms with Gasteiger partial charge in [0.2, 0.25) is 0 Å². The van der Waals surface area contributed by atoms with E-state index in [4.69, 9.17) is 0 Å². The van der Waals surface area contributed by atoms with E-state index in [1.54, 1.807) is 0 Å². The van der Waals surface area contributed by atoms with Crippen molar-refractivity contribution in [2.45, 2.75) is 26.3 Å². The van der Waals surface area contributed by atoms with Crippen molar-refractivity contribution >= 4 is 17.8 Å². The largest absolute Gasteiger partial charge is 0.334 e. The zero-order chi connectivity index (χ0) is 17.8. The van der Waals surface area contributed by atoms with E-state index < -0.39 is 17.8 Å². The van der Waals surface area contributed by atoms with Gasteiger partial charge in [-0.1, -0.05) is 67.9 Å². The number of carbonyl (C=O) groups is 3. The molecule has 4 amide bonds. The molecule has 1 fully saturated rings. The molecule has 128 valence electrons. The van der Waals surface area contributed by atoms with E-state index in [1.165, 1.54) is 0 Å². The number of urea groups is 1. The highest BCUT2D eigenvalue weighted by Gasteiger charge is 2.43. The molecule has 0 atom stereocenters. The third-order valence-corrected chi connectivity index (χ3v) is 4.27. The maximum atomic E-state index is 12.3. The predicted molar refractivity (Wildman–Crippen MR) is 94.4 cm³/mol. The second kappa shape index (κ2) is 7.30. The Morgan fingerprint density at radius 3 is 2.00 bits per heavy atom. The summed E-state index contributed by atoms with van der Waals surface area (Å²) in [5, 5.41) is 0. The van der Waals surface area contributed by atoms with Gasteiger partial charge in [0.05, 0.1) is 6.54 Å². The Labute approximate surface area is 146 Å². The van der Waals surface area contributed by atoms with Gasteiger partial charge in [0.15, 0.2) is 0 Å². The minimum absolute atomic E-state index is 0.112. The first-order valence-corrected chi connectivity index (χ1v) is 8.43. The van der Waals surface area contributed by atoms with Crippen LogP contribution < -0.4 is 0 Å². The molecule has 5 heteroatoms. The molecular formula is C20H20N2O3. The summed E-state index contributed by atoms with van der Waals surface area (Å²) < 4.78 is 0. The van der Waals surface area contributed by atoms with E-state index in [-0.39, 0.29) is 6.54 Å². The number of imide groups is 2. The Morgan fingerprint density at radius 2 is 1.36 bits per heavy atom. The summed E-state index contributed by atoms with van der Waals surface area (Å²) in [5.41, 5.74) is 2.97. The summed E-state index contributed by atoms with van der Waals surface area (Å²) >= 11 is 0. The van der Waals surface area contributed by atoms with E-state index in [1.807, 2.05) is 61.5 Å². The van der Waals surface area contributed by atoms with Gasteiger partial charge < -0.3 is 0 Å². The molecule has 0 aromatic heterocycles. The molecule has 5 nitrogen and oxygen atoms in total. The normalized spacial score (nSPS) is 14.5. The van der Waals surface area contributed by atoms with Crippen molar-refractivity contribution < 1.29 is 14.4 Å². The number of rotatable bonds is 6. The van der Waals surface area contributed by atoms with Crippen molar-refractivity contribution in [1.29, 1.82) is 0 Å². The molecule has 1 heterocycles. The molecule has 0 N–H and O–H groups in total. The molecular weight excluding hydrogens is 316 g/mol.